The molecule has 2 aromatic carbocycles. The molecule has 27 heavy (non-hydrogen) atoms. The van der Waals surface area contributed by atoms with Crippen LogP contribution in [-0.4, -0.2) is 38.6 Å². The first-order valence-corrected chi connectivity index (χ1v) is 8.86. The zero-order chi connectivity index (χ0) is 19.5. The Morgan fingerprint density at radius 2 is 1.41 bits per heavy atom. The minimum Gasteiger partial charge on any atom is -0.497 e. The zero-order valence-corrected chi connectivity index (χ0v) is 15.7. The van der Waals surface area contributed by atoms with Crippen LogP contribution in [0.1, 0.15) is 30.1 Å². The lowest BCUT2D eigenvalue weighted by Crippen LogP contribution is -2.28. The number of ether oxygens (including phenoxy) is 3. The largest absolute Gasteiger partial charge is 0.497 e. The van der Waals surface area contributed by atoms with Gasteiger partial charge in [0.25, 0.3) is 0 Å². The second-order valence-corrected chi connectivity index (χ2v) is 5.91. The summed E-state index contributed by atoms with van der Waals surface area (Å²) in [5, 5.41) is 2.81. The second-order valence-electron chi connectivity index (χ2n) is 5.91. The van der Waals surface area contributed by atoms with Gasteiger partial charge in [-0.05, 0) is 61.9 Å². The summed E-state index contributed by atoms with van der Waals surface area (Å²) in [6, 6.07) is 14.3. The molecule has 0 atom stereocenters. The first-order chi connectivity index (χ1) is 13.1. The third-order valence-corrected chi connectivity index (χ3v) is 3.83. The van der Waals surface area contributed by atoms with Crippen LogP contribution in [0.5, 0.6) is 17.2 Å². The zero-order valence-electron chi connectivity index (χ0n) is 15.7. The monoisotopic (exact) mass is 371 g/mol. The average Bonchev–Trinajstić information content (AvgIpc) is 2.69. The summed E-state index contributed by atoms with van der Waals surface area (Å²) in [4.78, 5) is 23.0. The fraction of sp³-hybridized carbons (Fsp3) is 0.333. The molecule has 1 amide bonds. The number of ketones is 1. The van der Waals surface area contributed by atoms with Crippen molar-refractivity contribution >= 4 is 11.7 Å². The number of carbonyl (C=O) groups is 2. The summed E-state index contributed by atoms with van der Waals surface area (Å²) >= 11 is 0. The highest BCUT2D eigenvalue weighted by Crippen LogP contribution is 2.16. The molecule has 0 aromatic heterocycles. The summed E-state index contributed by atoms with van der Waals surface area (Å²) in [6.45, 7) is 2.81. The Balaban J connectivity index is 1.54. The van der Waals surface area contributed by atoms with E-state index in [1.807, 2.05) is 24.3 Å². The van der Waals surface area contributed by atoms with Crippen LogP contribution in [0.2, 0.25) is 0 Å². The minimum atomic E-state index is -0.0381. The van der Waals surface area contributed by atoms with Crippen molar-refractivity contribution in [1.29, 1.82) is 0 Å². The van der Waals surface area contributed by atoms with Crippen molar-refractivity contribution in [3.63, 3.8) is 0 Å². The van der Waals surface area contributed by atoms with Gasteiger partial charge >= 0.3 is 0 Å². The molecular formula is C21H25NO5. The predicted molar refractivity (Wildman–Crippen MR) is 103 cm³/mol. The van der Waals surface area contributed by atoms with Crippen LogP contribution in [0, 0.1) is 0 Å². The minimum absolute atomic E-state index is 0.0224. The van der Waals surface area contributed by atoms with Gasteiger partial charge in [-0.1, -0.05) is 0 Å². The van der Waals surface area contributed by atoms with Gasteiger partial charge in [-0.3, -0.25) is 9.59 Å². The number of hydrogen-bond donors (Lipinski definition) is 1. The molecule has 144 valence electrons. The van der Waals surface area contributed by atoms with Gasteiger partial charge in [0.05, 0.1) is 20.3 Å². The van der Waals surface area contributed by atoms with E-state index in [0.717, 1.165) is 11.5 Å². The molecule has 6 heteroatoms. The summed E-state index contributed by atoms with van der Waals surface area (Å²) in [5.41, 5.74) is 0.651. The van der Waals surface area contributed by atoms with Crippen molar-refractivity contribution in [3.8, 4) is 17.2 Å². The van der Waals surface area contributed by atoms with Crippen molar-refractivity contribution in [2.75, 3.05) is 26.9 Å². The standard InChI is InChI=1S/C21H25NO5/c1-16(23)17-5-7-19(8-6-17)26-14-3-4-21(24)22-13-15-27-20-11-9-18(25-2)10-12-20/h5-12H,3-4,13-15H2,1-2H3,(H,22,24). The first-order valence-electron chi connectivity index (χ1n) is 8.86. The predicted octanol–water partition coefficient (Wildman–Crippen LogP) is 3.25. The maximum Gasteiger partial charge on any atom is 0.220 e. The van der Waals surface area contributed by atoms with Gasteiger partial charge < -0.3 is 19.5 Å². The van der Waals surface area contributed by atoms with Gasteiger partial charge in [0, 0.05) is 12.0 Å². The number of benzene rings is 2. The van der Waals surface area contributed by atoms with E-state index in [-0.39, 0.29) is 11.7 Å². The second kappa shape index (κ2) is 10.9. The molecule has 1 N–H and O–H groups in total. The third kappa shape index (κ3) is 7.40. The SMILES string of the molecule is COc1ccc(OCCNC(=O)CCCOc2ccc(C(C)=O)cc2)cc1. The number of carbonyl (C=O) groups excluding carboxylic acids is 2. The number of rotatable bonds is 11. The van der Waals surface area contributed by atoms with Gasteiger partial charge in [-0.25, -0.2) is 0 Å². The molecule has 0 aliphatic rings. The van der Waals surface area contributed by atoms with Gasteiger partial charge in [0.2, 0.25) is 5.91 Å². The number of hydrogen-bond acceptors (Lipinski definition) is 5. The fourth-order valence-electron chi connectivity index (χ4n) is 2.33. The number of methoxy groups -OCH3 is 1. The lowest BCUT2D eigenvalue weighted by Gasteiger charge is -2.09. The van der Waals surface area contributed by atoms with Crippen molar-refractivity contribution in [2.45, 2.75) is 19.8 Å². The summed E-state index contributed by atoms with van der Waals surface area (Å²) < 4.78 is 16.2. The molecular weight excluding hydrogens is 346 g/mol. The Morgan fingerprint density at radius 1 is 0.852 bits per heavy atom. The summed E-state index contributed by atoms with van der Waals surface area (Å²) in [7, 11) is 1.61. The van der Waals surface area contributed by atoms with E-state index in [1.165, 1.54) is 6.92 Å². The van der Waals surface area contributed by atoms with Gasteiger partial charge in [0.15, 0.2) is 5.78 Å². The normalized spacial score (nSPS) is 10.1. The number of Topliss-reactive ketones (excluding diaryl/α,β-unsaturated/α-hetero) is 1. The van der Waals surface area contributed by atoms with Crippen LogP contribution >= 0.6 is 0 Å². The Bertz CT molecular complexity index is 725. The number of nitrogens with one attached hydrogen (secondary N) is 1. The van der Waals surface area contributed by atoms with E-state index in [2.05, 4.69) is 5.32 Å². The molecule has 0 unspecified atom stereocenters. The Morgan fingerprint density at radius 3 is 2.00 bits per heavy atom. The maximum absolute atomic E-state index is 11.8. The van der Waals surface area contributed by atoms with Crippen molar-refractivity contribution in [2.24, 2.45) is 0 Å². The molecule has 0 heterocycles. The van der Waals surface area contributed by atoms with Crippen LogP contribution in [0.15, 0.2) is 48.5 Å². The highest BCUT2D eigenvalue weighted by atomic mass is 16.5. The highest BCUT2D eigenvalue weighted by molar-refractivity contribution is 5.94. The quantitative estimate of drug-likeness (QED) is 0.485. The van der Waals surface area contributed by atoms with Crippen LogP contribution < -0.4 is 19.5 Å². The molecule has 6 nitrogen and oxygen atoms in total. The Labute approximate surface area is 159 Å². The van der Waals surface area contributed by atoms with E-state index in [9.17, 15) is 9.59 Å². The van der Waals surface area contributed by atoms with Gasteiger partial charge in [-0.15, -0.1) is 0 Å². The fourth-order valence-corrected chi connectivity index (χ4v) is 2.33. The molecule has 0 radical (unpaired) electrons. The molecule has 0 bridgehead atoms. The molecule has 0 saturated carbocycles. The van der Waals surface area contributed by atoms with Crippen molar-refractivity contribution in [1.82, 2.24) is 5.32 Å². The smallest absolute Gasteiger partial charge is 0.220 e. The van der Waals surface area contributed by atoms with Crippen molar-refractivity contribution in [3.05, 3.63) is 54.1 Å². The Hall–Kier alpha value is -3.02. The highest BCUT2D eigenvalue weighted by Gasteiger charge is 2.03. The molecule has 0 fully saturated rings. The van der Waals surface area contributed by atoms with E-state index in [1.54, 1.807) is 31.4 Å². The van der Waals surface area contributed by atoms with E-state index >= 15 is 0 Å². The molecule has 0 aliphatic carbocycles. The van der Waals surface area contributed by atoms with Crippen molar-refractivity contribution < 1.29 is 23.8 Å². The lowest BCUT2D eigenvalue weighted by atomic mass is 10.1. The van der Waals surface area contributed by atoms with Crippen LogP contribution in [0.4, 0.5) is 0 Å². The molecule has 0 spiro atoms. The average molecular weight is 371 g/mol. The third-order valence-electron chi connectivity index (χ3n) is 3.83. The van der Waals surface area contributed by atoms with Gasteiger partial charge in [0.1, 0.15) is 23.9 Å². The summed E-state index contributed by atoms with van der Waals surface area (Å²) in [5.74, 6) is 2.17. The molecule has 0 saturated heterocycles. The molecule has 2 aromatic rings. The van der Waals surface area contributed by atoms with E-state index < -0.39 is 0 Å². The molecule has 0 aliphatic heterocycles. The topological polar surface area (TPSA) is 73.9 Å². The number of amides is 1. The van der Waals surface area contributed by atoms with Crippen LogP contribution in [-0.2, 0) is 4.79 Å². The van der Waals surface area contributed by atoms with E-state index in [4.69, 9.17) is 14.2 Å². The maximum atomic E-state index is 11.8. The molecule has 2 rings (SSSR count). The van der Waals surface area contributed by atoms with Gasteiger partial charge in [-0.2, -0.15) is 0 Å². The van der Waals surface area contributed by atoms with Crippen LogP contribution in [0.3, 0.4) is 0 Å². The van der Waals surface area contributed by atoms with Crippen LogP contribution in [0.25, 0.3) is 0 Å². The lowest BCUT2D eigenvalue weighted by molar-refractivity contribution is -0.121. The summed E-state index contributed by atoms with van der Waals surface area (Å²) in [6.07, 6.45) is 0.994. The van der Waals surface area contributed by atoms with E-state index in [0.29, 0.717) is 43.9 Å². The Kier molecular flexibility index (Phi) is 8.16. The first kappa shape index (κ1) is 20.3.